The third-order valence-electron chi connectivity index (χ3n) is 3.05. The summed E-state index contributed by atoms with van der Waals surface area (Å²) in [5.74, 6) is -0.0391. The lowest BCUT2D eigenvalue weighted by atomic mass is 10.0. The lowest BCUT2D eigenvalue weighted by Gasteiger charge is -2.38. The summed E-state index contributed by atoms with van der Waals surface area (Å²) >= 11 is 0. The second kappa shape index (κ2) is 5.81. The summed E-state index contributed by atoms with van der Waals surface area (Å²) in [5, 5.41) is 9.57. The van der Waals surface area contributed by atoms with Crippen LogP contribution in [0.5, 0.6) is 0 Å². The number of rotatable bonds is 3. The molecule has 20 heavy (non-hydrogen) atoms. The average Bonchev–Trinajstić information content (AvgIpc) is 2.40. The molecule has 0 spiro atoms. The van der Waals surface area contributed by atoms with E-state index < -0.39 is 36.5 Å². The Morgan fingerprint density at radius 1 is 1.55 bits per heavy atom. The van der Waals surface area contributed by atoms with E-state index in [0.717, 1.165) is 10.8 Å². The first-order valence-electron chi connectivity index (χ1n) is 5.91. The fourth-order valence-corrected chi connectivity index (χ4v) is 2.03. The van der Waals surface area contributed by atoms with Gasteiger partial charge in [-0.05, 0) is 6.07 Å². The van der Waals surface area contributed by atoms with E-state index in [-0.39, 0.29) is 12.4 Å². The van der Waals surface area contributed by atoms with E-state index in [9.17, 15) is 18.7 Å². The van der Waals surface area contributed by atoms with Gasteiger partial charge in [0.2, 0.25) is 0 Å². The number of hydrogen-bond donors (Lipinski definition) is 2. The minimum absolute atomic E-state index is 0.0391. The van der Waals surface area contributed by atoms with Crippen LogP contribution >= 0.6 is 0 Å². The number of nitrogen functional groups attached to an aromatic ring is 1. The van der Waals surface area contributed by atoms with Crippen LogP contribution in [-0.4, -0.2) is 52.9 Å². The van der Waals surface area contributed by atoms with Crippen molar-refractivity contribution in [2.45, 2.75) is 30.8 Å². The Morgan fingerprint density at radius 2 is 2.25 bits per heavy atom. The highest BCUT2D eigenvalue weighted by Crippen LogP contribution is 2.31. The van der Waals surface area contributed by atoms with Gasteiger partial charge in [0.05, 0.1) is 6.61 Å². The number of aliphatic hydroxyl groups is 1. The Kier molecular flexibility index (Phi) is 4.31. The zero-order valence-corrected chi connectivity index (χ0v) is 10.6. The molecule has 1 aromatic rings. The molecule has 0 saturated carbocycles. The van der Waals surface area contributed by atoms with Gasteiger partial charge in [0, 0.05) is 13.3 Å². The van der Waals surface area contributed by atoms with E-state index in [1.54, 1.807) is 0 Å². The number of aliphatic hydroxyl groups excluding tert-OH is 1. The summed E-state index contributed by atoms with van der Waals surface area (Å²) in [4.78, 5) is 15.1. The zero-order valence-electron chi connectivity index (χ0n) is 10.6. The van der Waals surface area contributed by atoms with Crippen molar-refractivity contribution in [3.05, 3.63) is 22.7 Å². The second-order valence-electron chi connectivity index (χ2n) is 4.44. The van der Waals surface area contributed by atoms with E-state index >= 15 is 0 Å². The molecular weight excluding hydrogens is 276 g/mol. The monoisotopic (exact) mass is 291 g/mol. The Hall–Kier alpha value is -1.58. The Balaban J connectivity index is 2.32. The molecule has 0 bridgehead atoms. The van der Waals surface area contributed by atoms with Gasteiger partial charge in [-0.1, -0.05) is 0 Å². The molecule has 112 valence electrons. The highest BCUT2D eigenvalue weighted by atomic mass is 19.2. The molecule has 0 radical (unpaired) electrons. The second-order valence-corrected chi connectivity index (χ2v) is 4.44. The number of ether oxygens (including phenoxy) is 2. The van der Waals surface area contributed by atoms with Crippen molar-refractivity contribution in [2.75, 3.05) is 19.5 Å². The maximum Gasteiger partial charge on any atom is 0.351 e. The molecule has 1 aliphatic rings. The third kappa shape index (κ3) is 2.65. The van der Waals surface area contributed by atoms with Crippen molar-refractivity contribution >= 4 is 5.82 Å². The van der Waals surface area contributed by atoms with Crippen molar-refractivity contribution in [3.63, 3.8) is 0 Å². The Labute approximate surface area is 112 Å². The van der Waals surface area contributed by atoms with Crippen LogP contribution in [0.3, 0.4) is 0 Å². The van der Waals surface area contributed by atoms with E-state index in [1.165, 1.54) is 13.2 Å². The fraction of sp³-hybridized carbons (Fsp3) is 0.636. The molecule has 9 heteroatoms. The van der Waals surface area contributed by atoms with E-state index in [4.69, 9.17) is 15.2 Å². The number of nitrogens with zero attached hydrogens (tertiary/aromatic N) is 2. The van der Waals surface area contributed by atoms with Gasteiger partial charge in [0.1, 0.15) is 18.0 Å². The highest BCUT2D eigenvalue weighted by molar-refractivity contribution is 5.23. The molecule has 0 amide bonds. The number of aromatic nitrogens is 2. The maximum absolute atomic E-state index is 14.0. The molecule has 0 aliphatic carbocycles. The van der Waals surface area contributed by atoms with Crippen molar-refractivity contribution in [1.82, 2.24) is 9.55 Å². The van der Waals surface area contributed by atoms with Crippen LogP contribution in [0.15, 0.2) is 17.1 Å². The highest BCUT2D eigenvalue weighted by Gasteiger charge is 2.47. The maximum atomic E-state index is 14.0. The average molecular weight is 291 g/mol. The van der Waals surface area contributed by atoms with Gasteiger partial charge in [0.25, 0.3) is 0 Å². The summed E-state index contributed by atoms with van der Waals surface area (Å²) in [7, 11) is 1.33. The minimum atomic E-state index is -2.21. The molecular formula is C11H15F2N3O4. The number of hydrogen-bond acceptors (Lipinski definition) is 6. The van der Waals surface area contributed by atoms with Crippen LogP contribution in [-0.2, 0) is 9.47 Å². The molecule has 2 rings (SSSR count). The number of halogens is 2. The van der Waals surface area contributed by atoms with E-state index in [1.807, 2.05) is 0 Å². The first-order chi connectivity index (χ1) is 9.45. The van der Waals surface area contributed by atoms with Gasteiger partial charge >= 0.3 is 5.69 Å². The van der Waals surface area contributed by atoms with Gasteiger partial charge in [-0.2, -0.15) is 4.98 Å². The summed E-state index contributed by atoms with van der Waals surface area (Å²) in [6.45, 7) is -0.137. The lowest BCUT2D eigenvalue weighted by molar-refractivity contribution is -0.222. The lowest BCUT2D eigenvalue weighted by Crippen LogP contribution is -2.54. The number of nitrogens with two attached hydrogens (primary N) is 1. The molecule has 5 atom stereocenters. The van der Waals surface area contributed by atoms with Crippen LogP contribution in [0.1, 0.15) is 6.23 Å². The van der Waals surface area contributed by atoms with Crippen LogP contribution in [0, 0.1) is 0 Å². The molecule has 1 aliphatic heterocycles. The number of anilines is 1. The summed E-state index contributed by atoms with van der Waals surface area (Å²) in [6, 6.07) is 1.26. The van der Waals surface area contributed by atoms with E-state index in [2.05, 4.69) is 4.98 Å². The molecule has 2 unspecified atom stereocenters. The predicted octanol–water partition coefficient (Wildman–Crippen LogP) is -0.594. The van der Waals surface area contributed by atoms with Gasteiger partial charge in [-0.25, -0.2) is 13.6 Å². The molecule has 1 fully saturated rings. The Morgan fingerprint density at radius 3 is 2.85 bits per heavy atom. The predicted molar refractivity (Wildman–Crippen MR) is 64.5 cm³/mol. The largest absolute Gasteiger partial charge is 0.387 e. The third-order valence-corrected chi connectivity index (χ3v) is 3.05. The molecule has 3 N–H and O–H groups in total. The topological polar surface area (TPSA) is 99.6 Å². The summed E-state index contributed by atoms with van der Waals surface area (Å²) in [5.41, 5.74) is 4.46. The van der Waals surface area contributed by atoms with Crippen molar-refractivity contribution < 1.29 is 23.4 Å². The Bertz CT molecular complexity index is 527. The van der Waals surface area contributed by atoms with Crippen molar-refractivity contribution in [1.29, 1.82) is 0 Å². The number of alkyl halides is 2. The van der Waals surface area contributed by atoms with Crippen LogP contribution in [0.25, 0.3) is 0 Å². The van der Waals surface area contributed by atoms with Crippen LogP contribution < -0.4 is 11.4 Å². The normalized spacial score (nSPS) is 34.1. The molecule has 7 nitrogen and oxygen atoms in total. The van der Waals surface area contributed by atoms with Gasteiger partial charge in [-0.3, -0.25) is 4.57 Å². The number of methoxy groups -OCH3 is 1. The smallest absolute Gasteiger partial charge is 0.351 e. The van der Waals surface area contributed by atoms with Crippen molar-refractivity contribution in [2.24, 2.45) is 0 Å². The van der Waals surface area contributed by atoms with Crippen LogP contribution in [0.4, 0.5) is 14.6 Å². The van der Waals surface area contributed by atoms with Gasteiger partial charge in [0.15, 0.2) is 18.6 Å². The molecule has 1 aromatic heterocycles. The fourth-order valence-electron chi connectivity index (χ4n) is 2.03. The minimum Gasteiger partial charge on any atom is -0.387 e. The van der Waals surface area contributed by atoms with Crippen molar-refractivity contribution in [3.8, 4) is 0 Å². The van der Waals surface area contributed by atoms with Gasteiger partial charge < -0.3 is 20.3 Å². The summed E-state index contributed by atoms with van der Waals surface area (Å²) in [6.07, 6.45) is -7.53. The van der Waals surface area contributed by atoms with Gasteiger partial charge in [-0.15, -0.1) is 0 Å². The SMILES string of the molecule is COC[C@H]1O[C@@H](n2ccc(N)nc2=O)C(F)[C@@H](F)C1O. The first-order valence-corrected chi connectivity index (χ1v) is 5.91. The van der Waals surface area contributed by atoms with E-state index in [0.29, 0.717) is 0 Å². The van der Waals surface area contributed by atoms with Crippen LogP contribution in [0.2, 0.25) is 0 Å². The summed E-state index contributed by atoms with van der Waals surface area (Å²) < 4.78 is 38.5. The first kappa shape index (κ1) is 14.8. The quantitative estimate of drug-likeness (QED) is 0.772. The molecule has 1 saturated heterocycles. The molecule has 2 heterocycles. The molecule has 0 aromatic carbocycles. The standard InChI is InChI=1S/C11H15F2N3O4/c1-19-4-5-9(17)7(12)8(13)10(20-5)16-3-2-6(14)15-11(16)18/h2-3,5,7-10,17H,4H2,1H3,(H2,14,15,18)/t5-,7-,8?,9?,10-/m1/s1. The zero-order chi connectivity index (χ0) is 14.9.